The van der Waals surface area contributed by atoms with E-state index in [1.54, 1.807) is 0 Å². The Balaban J connectivity index is 2.43. The van der Waals surface area contributed by atoms with Crippen LogP contribution in [0.1, 0.15) is 11.1 Å². The third kappa shape index (κ3) is 1.96. The summed E-state index contributed by atoms with van der Waals surface area (Å²) in [4.78, 5) is 14.4. The van der Waals surface area contributed by atoms with E-state index in [-0.39, 0.29) is 5.69 Å². The lowest BCUT2D eigenvalue weighted by atomic mass is 10.1. The molecule has 1 aromatic rings. The molecule has 5 heteroatoms. The van der Waals surface area contributed by atoms with Crippen molar-refractivity contribution in [1.29, 1.82) is 0 Å². The molecule has 15 heavy (non-hydrogen) atoms. The van der Waals surface area contributed by atoms with E-state index < -0.39 is 4.92 Å². The van der Waals surface area contributed by atoms with Crippen molar-refractivity contribution in [2.24, 2.45) is 4.99 Å². The van der Waals surface area contributed by atoms with Gasteiger partial charge < -0.3 is 4.74 Å². The summed E-state index contributed by atoms with van der Waals surface area (Å²) >= 11 is 0. The number of rotatable bonds is 2. The molecule has 1 aromatic carbocycles. The topological polar surface area (TPSA) is 64.7 Å². The van der Waals surface area contributed by atoms with E-state index in [0.29, 0.717) is 24.6 Å². The van der Waals surface area contributed by atoms with Crippen molar-refractivity contribution in [3.05, 3.63) is 39.4 Å². The molecule has 0 bridgehead atoms. The standard InChI is InChI=1S/C10H10N2O3/c1-7-4-8(10-11-2-3-15-10)6-9(5-7)12(13)14/h4-6H,2-3H2,1H3. The molecule has 0 radical (unpaired) electrons. The molecule has 0 atom stereocenters. The van der Waals surface area contributed by atoms with Crippen LogP contribution in [-0.4, -0.2) is 24.0 Å². The van der Waals surface area contributed by atoms with Crippen LogP contribution in [0.15, 0.2) is 23.2 Å². The van der Waals surface area contributed by atoms with Crippen LogP contribution < -0.4 is 0 Å². The molecule has 0 amide bonds. The highest BCUT2D eigenvalue weighted by atomic mass is 16.6. The van der Waals surface area contributed by atoms with E-state index in [2.05, 4.69) is 4.99 Å². The highest BCUT2D eigenvalue weighted by Crippen LogP contribution is 2.18. The molecule has 0 saturated carbocycles. The zero-order valence-electron chi connectivity index (χ0n) is 8.27. The Hall–Kier alpha value is -1.91. The van der Waals surface area contributed by atoms with Crippen molar-refractivity contribution in [3.8, 4) is 0 Å². The highest BCUT2D eigenvalue weighted by molar-refractivity contribution is 5.95. The first kappa shape index (κ1) is 9.64. The highest BCUT2D eigenvalue weighted by Gasteiger charge is 2.15. The summed E-state index contributed by atoms with van der Waals surface area (Å²) in [7, 11) is 0. The van der Waals surface area contributed by atoms with Gasteiger partial charge in [-0.05, 0) is 18.6 Å². The number of ether oxygens (including phenoxy) is 1. The maximum atomic E-state index is 10.6. The first-order valence-corrected chi connectivity index (χ1v) is 4.60. The zero-order valence-corrected chi connectivity index (χ0v) is 8.27. The van der Waals surface area contributed by atoms with Gasteiger partial charge in [0, 0.05) is 17.7 Å². The number of benzene rings is 1. The molecule has 5 nitrogen and oxygen atoms in total. The fourth-order valence-corrected chi connectivity index (χ4v) is 1.50. The molecule has 0 unspecified atom stereocenters. The number of non-ortho nitro benzene ring substituents is 1. The molecule has 1 aliphatic heterocycles. The number of nitrogens with zero attached hydrogens (tertiary/aromatic N) is 2. The van der Waals surface area contributed by atoms with E-state index in [1.807, 2.05) is 13.0 Å². The van der Waals surface area contributed by atoms with E-state index in [1.165, 1.54) is 12.1 Å². The van der Waals surface area contributed by atoms with Crippen molar-refractivity contribution in [2.45, 2.75) is 6.92 Å². The second-order valence-corrected chi connectivity index (χ2v) is 3.35. The van der Waals surface area contributed by atoms with Crippen molar-refractivity contribution in [2.75, 3.05) is 13.2 Å². The van der Waals surface area contributed by atoms with Crippen molar-refractivity contribution in [1.82, 2.24) is 0 Å². The van der Waals surface area contributed by atoms with E-state index >= 15 is 0 Å². The minimum absolute atomic E-state index is 0.0724. The van der Waals surface area contributed by atoms with Crippen LogP contribution in [0.2, 0.25) is 0 Å². The Kier molecular flexibility index (Phi) is 2.37. The summed E-state index contributed by atoms with van der Waals surface area (Å²) in [6.45, 7) is 2.99. The predicted molar refractivity (Wildman–Crippen MR) is 55.2 cm³/mol. The van der Waals surface area contributed by atoms with Gasteiger partial charge in [-0.1, -0.05) is 0 Å². The molecular formula is C10H10N2O3. The fraction of sp³-hybridized carbons (Fsp3) is 0.300. The number of aryl methyl sites for hydroxylation is 1. The van der Waals surface area contributed by atoms with Gasteiger partial charge in [0.1, 0.15) is 6.61 Å². The zero-order chi connectivity index (χ0) is 10.8. The van der Waals surface area contributed by atoms with Crippen LogP contribution in [0.5, 0.6) is 0 Å². The number of hydrogen-bond acceptors (Lipinski definition) is 4. The Morgan fingerprint density at radius 1 is 1.47 bits per heavy atom. The normalized spacial score (nSPS) is 14.6. The molecule has 1 aliphatic rings. The van der Waals surface area contributed by atoms with Gasteiger partial charge in [-0.25, -0.2) is 4.99 Å². The van der Waals surface area contributed by atoms with Gasteiger partial charge in [0.05, 0.1) is 11.5 Å². The third-order valence-electron chi connectivity index (χ3n) is 2.11. The second-order valence-electron chi connectivity index (χ2n) is 3.35. The predicted octanol–water partition coefficient (Wildman–Crippen LogP) is 1.68. The van der Waals surface area contributed by atoms with Crippen LogP contribution in [0.25, 0.3) is 0 Å². The molecule has 2 rings (SSSR count). The molecule has 0 aliphatic carbocycles. The van der Waals surface area contributed by atoms with E-state index in [0.717, 1.165) is 5.56 Å². The quantitative estimate of drug-likeness (QED) is 0.546. The lowest BCUT2D eigenvalue weighted by Crippen LogP contribution is -2.02. The van der Waals surface area contributed by atoms with Gasteiger partial charge in [-0.2, -0.15) is 0 Å². The summed E-state index contributed by atoms with van der Waals surface area (Å²) in [5, 5.41) is 10.6. The van der Waals surface area contributed by atoms with Gasteiger partial charge in [0.15, 0.2) is 0 Å². The smallest absolute Gasteiger partial charge is 0.270 e. The van der Waals surface area contributed by atoms with Gasteiger partial charge in [0.2, 0.25) is 5.90 Å². The van der Waals surface area contributed by atoms with Crippen LogP contribution in [0.4, 0.5) is 5.69 Å². The molecule has 0 fully saturated rings. The Morgan fingerprint density at radius 2 is 2.27 bits per heavy atom. The number of aliphatic imine (C=N–C) groups is 1. The summed E-state index contributed by atoms with van der Waals surface area (Å²) in [6.07, 6.45) is 0. The molecule has 0 N–H and O–H groups in total. The van der Waals surface area contributed by atoms with E-state index in [9.17, 15) is 10.1 Å². The summed E-state index contributed by atoms with van der Waals surface area (Å²) in [5.41, 5.74) is 1.58. The second kappa shape index (κ2) is 3.68. The number of nitro groups is 1. The summed E-state index contributed by atoms with van der Waals surface area (Å²) in [6, 6.07) is 4.84. The monoisotopic (exact) mass is 206 g/mol. The Bertz CT molecular complexity index is 440. The molecule has 78 valence electrons. The number of hydrogen-bond donors (Lipinski definition) is 0. The van der Waals surface area contributed by atoms with Crippen molar-refractivity contribution >= 4 is 11.6 Å². The SMILES string of the molecule is Cc1cc(C2=NCCO2)cc([N+](=O)[O-])c1. The minimum Gasteiger partial charge on any atom is -0.476 e. The lowest BCUT2D eigenvalue weighted by molar-refractivity contribution is -0.384. The Labute approximate surface area is 86.5 Å². The summed E-state index contributed by atoms with van der Waals surface area (Å²) in [5.74, 6) is 0.502. The van der Waals surface area contributed by atoms with Crippen molar-refractivity contribution < 1.29 is 9.66 Å². The van der Waals surface area contributed by atoms with Gasteiger partial charge in [0.25, 0.3) is 5.69 Å². The number of nitro benzene ring substituents is 1. The molecule has 0 saturated heterocycles. The first-order chi connectivity index (χ1) is 7.16. The molecular weight excluding hydrogens is 196 g/mol. The average molecular weight is 206 g/mol. The third-order valence-corrected chi connectivity index (χ3v) is 2.11. The maximum absolute atomic E-state index is 10.6. The molecule has 0 aromatic heterocycles. The lowest BCUT2D eigenvalue weighted by Gasteiger charge is -2.02. The van der Waals surface area contributed by atoms with Crippen molar-refractivity contribution in [3.63, 3.8) is 0 Å². The fourth-order valence-electron chi connectivity index (χ4n) is 1.50. The van der Waals surface area contributed by atoms with Crippen LogP contribution in [0, 0.1) is 17.0 Å². The maximum Gasteiger partial charge on any atom is 0.270 e. The van der Waals surface area contributed by atoms with Gasteiger partial charge in [-0.15, -0.1) is 0 Å². The van der Waals surface area contributed by atoms with Crippen LogP contribution in [0.3, 0.4) is 0 Å². The largest absolute Gasteiger partial charge is 0.476 e. The molecule has 1 heterocycles. The van der Waals surface area contributed by atoms with E-state index in [4.69, 9.17) is 4.74 Å². The van der Waals surface area contributed by atoms with Gasteiger partial charge in [-0.3, -0.25) is 10.1 Å². The summed E-state index contributed by atoms with van der Waals surface area (Å²) < 4.78 is 5.26. The minimum atomic E-state index is -0.411. The van der Waals surface area contributed by atoms with Crippen LogP contribution in [-0.2, 0) is 4.74 Å². The Morgan fingerprint density at radius 3 is 2.87 bits per heavy atom. The average Bonchev–Trinajstić information content (AvgIpc) is 2.69. The molecule has 0 spiro atoms. The van der Waals surface area contributed by atoms with Crippen LogP contribution >= 0.6 is 0 Å². The first-order valence-electron chi connectivity index (χ1n) is 4.60. The van der Waals surface area contributed by atoms with Gasteiger partial charge >= 0.3 is 0 Å².